The van der Waals surface area contributed by atoms with Crippen LogP contribution in [0.2, 0.25) is 0 Å². The molecule has 2 aliphatic rings. The van der Waals surface area contributed by atoms with Crippen molar-refractivity contribution in [2.24, 2.45) is 5.41 Å². The summed E-state index contributed by atoms with van der Waals surface area (Å²) in [6.45, 7) is 5.42. The molecule has 0 radical (unpaired) electrons. The van der Waals surface area contributed by atoms with Crippen LogP contribution in [-0.4, -0.2) is 38.0 Å². The maximum absolute atomic E-state index is 12.0. The summed E-state index contributed by atoms with van der Waals surface area (Å²) in [7, 11) is 0. The molecule has 16 heavy (non-hydrogen) atoms. The maximum atomic E-state index is 12.0. The molecule has 92 valence electrons. The van der Waals surface area contributed by atoms with Crippen LogP contribution in [0.1, 0.15) is 33.1 Å². The van der Waals surface area contributed by atoms with E-state index in [1.165, 1.54) is 0 Å². The largest absolute Gasteiger partial charge is 0.465 e. The Kier molecular flexibility index (Phi) is 3.50. The first kappa shape index (κ1) is 11.9. The maximum Gasteiger partial charge on any atom is 0.314 e. The smallest absolute Gasteiger partial charge is 0.314 e. The lowest BCUT2D eigenvalue weighted by Gasteiger charge is -2.45. The lowest BCUT2D eigenvalue weighted by Crippen LogP contribution is -2.55. The summed E-state index contributed by atoms with van der Waals surface area (Å²) >= 11 is 0. The number of hydrogen-bond donors (Lipinski definition) is 0. The van der Waals surface area contributed by atoms with Crippen molar-refractivity contribution in [2.45, 2.75) is 45.3 Å². The number of esters is 1. The van der Waals surface area contributed by atoms with Crippen LogP contribution in [0.15, 0.2) is 0 Å². The van der Waals surface area contributed by atoms with Crippen LogP contribution in [0.25, 0.3) is 0 Å². The zero-order valence-corrected chi connectivity index (χ0v) is 10.0. The van der Waals surface area contributed by atoms with Crippen molar-refractivity contribution >= 4 is 5.97 Å². The van der Waals surface area contributed by atoms with Gasteiger partial charge in [0, 0.05) is 0 Å². The molecule has 0 amide bonds. The van der Waals surface area contributed by atoms with E-state index in [1.54, 1.807) is 0 Å². The molecule has 1 heterocycles. The molecule has 1 saturated carbocycles. The fourth-order valence-electron chi connectivity index (χ4n) is 2.73. The van der Waals surface area contributed by atoms with E-state index in [1.807, 2.05) is 13.8 Å². The van der Waals surface area contributed by atoms with Gasteiger partial charge in [0.1, 0.15) is 0 Å². The fraction of sp³-hybridized carbons (Fsp3) is 0.917. The van der Waals surface area contributed by atoms with Crippen molar-refractivity contribution in [2.75, 3.05) is 19.8 Å². The molecule has 3 unspecified atom stereocenters. The summed E-state index contributed by atoms with van der Waals surface area (Å²) in [5, 5.41) is 0. The third-order valence-electron chi connectivity index (χ3n) is 3.60. The molecule has 1 aliphatic heterocycles. The predicted molar refractivity (Wildman–Crippen MR) is 58.1 cm³/mol. The highest BCUT2D eigenvalue weighted by atomic mass is 16.6. The van der Waals surface area contributed by atoms with Gasteiger partial charge in [0.2, 0.25) is 0 Å². The van der Waals surface area contributed by atoms with Crippen molar-refractivity contribution in [1.82, 2.24) is 0 Å². The van der Waals surface area contributed by atoms with Crippen molar-refractivity contribution in [3.63, 3.8) is 0 Å². The minimum absolute atomic E-state index is 0.0666. The van der Waals surface area contributed by atoms with Gasteiger partial charge in [-0.15, -0.1) is 0 Å². The molecule has 2 fully saturated rings. The second-order valence-electron chi connectivity index (χ2n) is 4.73. The van der Waals surface area contributed by atoms with E-state index in [0.717, 1.165) is 19.3 Å². The molecule has 4 heteroatoms. The van der Waals surface area contributed by atoms with Crippen LogP contribution in [0, 0.1) is 5.41 Å². The fourth-order valence-corrected chi connectivity index (χ4v) is 2.73. The number of hydrogen-bond acceptors (Lipinski definition) is 4. The SMILES string of the molecule is CCOC(=O)C1(C)CCCC2OCCOC21. The summed E-state index contributed by atoms with van der Waals surface area (Å²) in [5.74, 6) is -0.143. The first-order valence-corrected chi connectivity index (χ1v) is 6.09. The zero-order valence-electron chi connectivity index (χ0n) is 10.0. The van der Waals surface area contributed by atoms with Gasteiger partial charge in [0.05, 0.1) is 37.4 Å². The molecule has 0 aromatic rings. The lowest BCUT2D eigenvalue weighted by molar-refractivity contribution is -0.212. The monoisotopic (exact) mass is 228 g/mol. The molecule has 0 bridgehead atoms. The summed E-state index contributed by atoms with van der Waals surface area (Å²) in [6.07, 6.45) is 2.75. The Balaban J connectivity index is 2.14. The van der Waals surface area contributed by atoms with Gasteiger partial charge in [-0.25, -0.2) is 0 Å². The van der Waals surface area contributed by atoms with Gasteiger partial charge in [0.15, 0.2) is 0 Å². The second kappa shape index (κ2) is 4.72. The average molecular weight is 228 g/mol. The highest BCUT2D eigenvalue weighted by molar-refractivity contribution is 5.77. The summed E-state index contributed by atoms with van der Waals surface area (Å²) in [6, 6.07) is 0. The van der Waals surface area contributed by atoms with Crippen LogP contribution in [0.4, 0.5) is 0 Å². The molecule has 0 N–H and O–H groups in total. The van der Waals surface area contributed by atoms with Gasteiger partial charge >= 0.3 is 5.97 Å². The molecule has 3 atom stereocenters. The highest BCUT2D eigenvalue weighted by Gasteiger charge is 2.51. The first-order valence-electron chi connectivity index (χ1n) is 6.09. The minimum atomic E-state index is -0.528. The quantitative estimate of drug-likeness (QED) is 0.672. The topological polar surface area (TPSA) is 44.8 Å². The van der Waals surface area contributed by atoms with E-state index in [-0.39, 0.29) is 18.2 Å². The molecule has 1 saturated heterocycles. The van der Waals surface area contributed by atoms with E-state index >= 15 is 0 Å². The molecule has 1 aliphatic carbocycles. The Morgan fingerprint density at radius 2 is 2.19 bits per heavy atom. The summed E-state index contributed by atoms with van der Waals surface area (Å²) < 4.78 is 16.6. The van der Waals surface area contributed by atoms with Gasteiger partial charge in [0.25, 0.3) is 0 Å². The highest BCUT2D eigenvalue weighted by Crippen LogP contribution is 2.41. The second-order valence-corrected chi connectivity index (χ2v) is 4.73. The van der Waals surface area contributed by atoms with Crippen molar-refractivity contribution in [3.05, 3.63) is 0 Å². The Labute approximate surface area is 96.2 Å². The van der Waals surface area contributed by atoms with E-state index in [0.29, 0.717) is 19.8 Å². The Bertz CT molecular complexity index is 264. The molecular formula is C12H20O4. The normalized spacial score (nSPS) is 38.9. The van der Waals surface area contributed by atoms with Crippen molar-refractivity contribution in [3.8, 4) is 0 Å². The van der Waals surface area contributed by atoms with Gasteiger partial charge in [-0.05, 0) is 33.1 Å². The van der Waals surface area contributed by atoms with E-state index in [2.05, 4.69) is 0 Å². The van der Waals surface area contributed by atoms with Gasteiger partial charge in [-0.2, -0.15) is 0 Å². The number of carbonyl (C=O) groups excluding carboxylic acids is 1. The zero-order chi connectivity index (χ0) is 11.6. The first-order chi connectivity index (χ1) is 7.68. The van der Waals surface area contributed by atoms with Gasteiger partial charge in [-0.1, -0.05) is 0 Å². The van der Waals surface area contributed by atoms with Crippen LogP contribution < -0.4 is 0 Å². The van der Waals surface area contributed by atoms with Crippen LogP contribution in [0.5, 0.6) is 0 Å². The molecule has 0 spiro atoms. The summed E-state index contributed by atoms with van der Waals surface area (Å²) in [4.78, 5) is 12.0. The van der Waals surface area contributed by atoms with Gasteiger partial charge < -0.3 is 14.2 Å². The van der Waals surface area contributed by atoms with Crippen LogP contribution in [-0.2, 0) is 19.0 Å². The third kappa shape index (κ3) is 1.96. The standard InChI is InChI=1S/C12H20O4/c1-3-14-11(13)12(2)6-4-5-9-10(12)16-8-7-15-9/h9-10H,3-8H2,1-2H3. The van der Waals surface area contributed by atoms with Crippen molar-refractivity contribution in [1.29, 1.82) is 0 Å². The average Bonchev–Trinajstić information content (AvgIpc) is 2.30. The van der Waals surface area contributed by atoms with E-state index < -0.39 is 5.41 Å². The number of fused-ring (bicyclic) bond motifs is 1. The predicted octanol–water partition coefficient (Wildman–Crippen LogP) is 1.52. The van der Waals surface area contributed by atoms with E-state index in [9.17, 15) is 4.79 Å². The Morgan fingerprint density at radius 1 is 1.44 bits per heavy atom. The Hall–Kier alpha value is -0.610. The van der Waals surface area contributed by atoms with Crippen LogP contribution in [0.3, 0.4) is 0 Å². The minimum Gasteiger partial charge on any atom is -0.465 e. The molecule has 0 aromatic carbocycles. The number of rotatable bonds is 2. The van der Waals surface area contributed by atoms with E-state index in [4.69, 9.17) is 14.2 Å². The number of ether oxygens (including phenoxy) is 3. The molecule has 4 nitrogen and oxygen atoms in total. The van der Waals surface area contributed by atoms with Crippen molar-refractivity contribution < 1.29 is 19.0 Å². The molecular weight excluding hydrogens is 208 g/mol. The molecule has 0 aromatic heterocycles. The number of carbonyl (C=O) groups is 1. The van der Waals surface area contributed by atoms with Crippen LogP contribution >= 0.6 is 0 Å². The molecule has 2 rings (SSSR count). The van der Waals surface area contributed by atoms with Gasteiger partial charge in [-0.3, -0.25) is 4.79 Å². The summed E-state index contributed by atoms with van der Waals surface area (Å²) in [5.41, 5.74) is -0.528. The third-order valence-corrected chi connectivity index (χ3v) is 3.60. The lowest BCUT2D eigenvalue weighted by atomic mass is 9.71. The Morgan fingerprint density at radius 3 is 2.94 bits per heavy atom.